The molecule has 3 heterocycles. The van der Waals surface area contributed by atoms with Gasteiger partial charge < -0.3 is 19.7 Å². The zero-order chi connectivity index (χ0) is 23.8. The van der Waals surface area contributed by atoms with Crippen molar-refractivity contribution in [3.8, 4) is 11.3 Å². The standard InChI is InChI=1S/C27H23N3O3S/c1-16-13-17(2)15-20(14-16)30-25(24(29-27(30)34)21-5-3-4-12-28-21)23-11-10-22(33-23)18-6-8-19(9-7-18)26(31)32/h3-15,24-25H,1-2H3,(H,29,34)(H,31,32)/t24-,25+/m0/s1. The highest BCUT2D eigenvalue weighted by Gasteiger charge is 2.42. The molecule has 5 rings (SSSR count). The van der Waals surface area contributed by atoms with Crippen molar-refractivity contribution in [3.05, 3.63) is 107 Å². The van der Waals surface area contributed by atoms with Gasteiger partial charge in [0.1, 0.15) is 17.6 Å². The van der Waals surface area contributed by atoms with Crippen LogP contribution in [-0.4, -0.2) is 21.2 Å². The Morgan fingerprint density at radius 3 is 2.41 bits per heavy atom. The molecule has 7 heteroatoms. The van der Waals surface area contributed by atoms with Gasteiger partial charge in [-0.05, 0) is 85.7 Å². The number of nitrogens with zero attached hydrogens (tertiary/aromatic N) is 2. The van der Waals surface area contributed by atoms with Gasteiger partial charge in [-0.1, -0.05) is 24.3 Å². The maximum Gasteiger partial charge on any atom is 0.335 e. The van der Waals surface area contributed by atoms with Gasteiger partial charge in [0.15, 0.2) is 5.11 Å². The number of rotatable bonds is 5. The van der Waals surface area contributed by atoms with Crippen molar-refractivity contribution >= 4 is 29.0 Å². The summed E-state index contributed by atoms with van der Waals surface area (Å²) in [6, 6.07) is 22.2. The number of pyridine rings is 1. The average Bonchev–Trinajstić information content (AvgIpc) is 3.43. The average molecular weight is 470 g/mol. The second-order valence-electron chi connectivity index (χ2n) is 8.43. The summed E-state index contributed by atoms with van der Waals surface area (Å²) in [7, 11) is 0. The van der Waals surface area contributed by atoms with Crippen LogP contribution in [0.5, 0.6) is 0 Å². The minimum atomic E-state index is -0.959. The maximum absolute atomic E-state index is 11.2. The number of hydrogen-bond donors (Lipinski definition) is 2. The fourth-order valence-electron chi connectivity index (χ4n) is 4.46. The van der Waals surface area contributed by atoms with E-state index in [0.717, 1.165) is 33.8 Å². The Morgan fingerprint density at radius 2 is 1.76 bits per heavy atom. The number of thiocarbonyl (C=S) groups is 1. The molecular weight excluding hydrogens is 446 g/mol. The monoisotopic (exact) mass is 469 g/mol. The summed E-state index contributed by atoms with van der Waals surface area (Å²) < 4.78 is 6.35. The van der Waals surface area contributed by atoms with Crippen LogP contribution in [0, 0.1) is 13.8 Å². The van der Waals surface area contributed by atoms with Gasteiger partial charge in [0.05, 0.1) is 17.3 Å². The molecule has 2 atom stereocenters. The smallest absolute Gasteiger partial charge is 0.335 e. The Balaban J connectivity index is 1.58. The first-order valence-corrected chi connectivity index (χ1v) is 11.3. The van der Waals surface area contributed by atoms with Gasteiger partial charge >= 0.3 is 5.97 Å². The van der Waals surface area contributed by atoms with Crippen LogP contribution in [0.1, 0.15) is 45.0 Å². The fourth-order valence-corrected chi connectivity index (χ4v) is 4.80. The van der Waals surface area contributed by atoms with Crippen LogP contribution in [-0.2, 0) is 0 Å². The highest BCUT2D eigenvalue weighted by atomic mass is 32.1. The molecule has 2 aromatic carbocycles. The molecule has 1 fully saturated rings. The number of carbonyl (C=O) groups is 1. The van der Waals surface area contributed by atoms with Gasteiger partial charge in [0.2, 0.25) is 0 Å². The molecule has 34 heavy (non-hydrogen) atoms. The number of benzene rings is 2. The Bertz CT molecular complexity index is 1350. The Hall–Kier alpha value is -3.97. The van der Waals surface area contributed by atoms with Gasteiger partial charge in [-0.25, -0.2) is 4.79 Å². The molecule has 2 aromatic heterocycles. The molecule has 0 radical (unpaired) electrons. The first kappa shape index (κ1) is 21.9. The Kier molecular flexibility index (Phi) is 5.63. The molecule has 0 aliphatic carbocycles. The fraction of sp³-hybridized carbons (Fsp3) is 0.148. The lowest BCUT2D eigenvalue weighted by atomic mass is 10.0. The van der Waals surface area contributed by atoms with Crippen molar-refractivity contribution in [1.82, 2.24) is 10.3 Å². The number of carboxylic acids is 1. The van der Waals surface area contributed by atoms with Crippen molar-refractivity contribution in [3.63, 3.8) is 0 Å². The van der Waals surface area contributed by atoms with E-state index in [1.165, 1.54) is 0 Å². The van der Waals surface area contributed by atoms with Crippen LogP contribution >= 0.6 is 12.2 Å². The van der Waals surface area contributed by atoms with E-state index in [1.807, 2.05) is 30.3 Å². The van der Waals surface area contributed by atoms with E-state index in [1.54, 1.807) is 30.5 Å². The van der Waals surface area contributed by atoms with Crippen molar-refractivity contribution in [2.75, 3.05) is 4.90 Å². The molecule has 6 nitrogen and oxygen atoms in total. The minimum Gasteiger partial charge on any atom is -0.478 e. The summed E-state index contributed by atoms with van der Waals surface area (Å²) in [6.45, 7) is 4.14. The van der Waals surface area contributed by atoms with E-state index in [0.29, 0.717) is 10.9 Å². The van der Waals surface area contributed by atoms with E-state index in [-0.39, 0.29) is 17.6 Å². The van der Waals surface area contributed by atoms with Crippen LogP contribution in [0.4, 0.5) is 5.69 Å². The molecule has 1 aliphatic heterocycles. The number of aryl methyl sites for hydroxylation is 2. The minimum absolute atomic E-state index is 0.206. The Labute approximate surface area is 202 Å². The zero-order valence-electron chi connectivity index (χ0n) is 18.7. The predicted octanol–water partition coefficient (Wildman–Crippen LogP) is 5.83. The molecule has 0 spiro atoms. The van der Waals surface area contributed by atoms with E-state index in [4.69, 9.17) is 16.6 Å². The molecular formula is C27H23N3O3S. The van der Waals surface area contributed by atoms with Crippen LogP contribution in [0.2, 0.25) is 0 Å². The highest BCUT2D eigenvalue weighted by molar-refractivity contribution is 7.80. The molecule has 0 bridgehead atoms. The topological polar surface area (TPSA) is 78.6 Å². The molecule has 170 valence electrons. The lowest BCUT2D eigenvalue weighted by Gasteiger charge is -2.26. The number of furan rings is 1. The Morgan fingerprint density at radius 1 is 1.03 bits per heavy atom. The third-order valence-electron chi connectivity index (χ3n) is 5.92. The second kappa shape index (κ2) is 8.76. The van der Waals surface area contributed by atoms with E-state index in [2.05, 4.69) is 47.2 Å². The first-order valence-electron chi connectivity index (χ1n) is 10.9. The van der Waals surface area contributed by atoms with Crippen molar-refractivity contribution in [2.45, 2.75) is 25.9 Å². The lowest BCUT2D eigenvalue weighted by Crippen LogP contribution is -2.29. The highest BCUT2D eigenvalue weighted by Crippen LogP contribution is 2.43. The normalized spacial score (nSPS) is 17.6. The SMILES string of the molecule is Cc1cc(C)cc(N2C(=S)N[C@@H](c3ccccn3)[C@H]2c2ccc(-c3ccc(C(=O)O)cc3)o2)c1. The predicted molar refractivity (Wildman–Crippen MR) is 135 cm³/mol. The van der Waals surface area contributed by atoms with Crippen LogP contribution in [0.25, 0.3) is 11.3 Å². The first-order chi connectivity index (χ1) is 16.4. The molecule has 0 unspecified atom stereocenters. The van der Waals surface area contributed by atoms with Gasteiger partial charge in [-0.2, -0.15) is 0 Å². The summed E-state index contributed by atoms with van der Waals surface area (Å²) in [5, 5.41) is 13.2. The van der Waals surface area contributed by atoms with Gasteiger partial charge in [0, 0.05) is 17.4 Å². The molecule has 1 aliphatic rings. The molecule has 2 N–H and O–H groups in total. The van der Waals surface area contributed by atoms with Crippen LogP contribution in [0.3, 0.4) is 0 Å². The maximum atomic E-state index is 11.2. The summed E-state index contributed by atoms with van der Waals surface area (Å²) in [4.78, 5) is 17.9. The lowest BCUT2D eigenvalue weighted by molar-refractivity contribution is 0.0697. The largest absolute Gasteiger partial charge is 0.478 e. The molecule has 0 saturated carbocycles. The van der Waals surface area contributed by atoms with Gasteiger partial charge in [-0.3, -0.25) is 4.98 Å². The van der Waals surface area contributed by atoms with Gasteiger partial charge in [0.25, 0.3) is 0 Å². The van der Waals surface area contributed by atoms with Crippen LogP contribution < -0.4 is 10.2 Å². The third-order valence-corrected chi connectivity index (χ3v) is 6.23. The molecule has 4 aromatic rings. The van der Waals surface area contributed by atoms with E-state index >= 15 is 0 Å². The summed E-state index contributed by atoms with van der Waals surface area (Å²) in [5.41, 5.74) is 5.19. The van der Waals surface area contributed by atoms with Crippen molar-refractivity contribution < 1.29 is 14.3 Å². The molecule has 1 saturated heterocycles. The number of anilines is 1. The number of nitrogens with one attached hydrogen (secondary N) is 1. The second-order valence-corrected chi connectivity index (χ2v) is 8.81. The number of hydrogen-bond acceptors (Lipinski definition) is 4. The summed E-state index contributed by atoms with van der Waals surface area (Å²) in [5.74, 6) is 0.434. The molecule has 0 amide bonds. The third kappa shape index (κ3) is 4.06. The van der Waals surface area contributed by atoms with Crippen LogP contribution in [0.15, 0.2) is 83.4 Å². The van der Waals surface area contributed by atoms with Crippen molar-refractivity contribution in [1.29, 1.82) is 0 Å². The van der Waals surface area contributed by atoms with E-state index < -0.39 is 5.97 Å². The number of carboxylic acid groups (broad SMARTS) is 1. The summed E-state index contributed by atoms with van der Waals surface area (Å²) in [6.07, 6.45) is 1.77. The number of aromatic nitrogens is 1. The summed E-state index contributed by atoms with van der Waals surface area (Å²) >= 11 is 5.79. The quantitative estimate of drug-likeness (QED) is 0.356. The van der Waals surface area contributed by atoms with Gasteiger partial charge in [-0.15, -0.1) is 0 Å². The number of aromatic carboxylic acids is 1. The zero-order valence-corrected chi connectivity index (χ0v) is 19.5. The van der Waals surface area contributed by atoms with E-state index in [9.17, 15) is 9.90 Å². The van der Waals surface area contributed by atoms with Crippen molar-refractivity contribution in [2.24, 2.45) is 0 Å².